The number of halogens is 20. The van der Waals surface area contributed by atoms with Gasteiger partial charge in [-0.25, -0.2) is 9.00 Å². The van der Waals surface area contributed by atoms with E-state index in [2.05, 4.69) is 110 Å². The van der Waals surface area contributed by atoms with Crippen LogP contribution in [0.2, 0.25) is 0 Å². The molecule has 7 aromatic carbocycles. The molecule has 3 aliphatic carbocycles. The molecule has 7 aromatic rings. The summed E-state index contributed by atoms with van der Waals surface area (Å²) in [6, 6.07) is 33.2. The molecule has 3 saturated carbocycles. The fourth-order valence-electron chi connectivity index (χ4n) is 10.2. The number of carboxylic acids is 2. The van der Waals surface area contributed by atoms with Gasteiger partial charge in [0.1, 0.15) is 0 Å². The van der Waals surface area contributed by atoms with E-state index in [0.29, 0.717) is 59.4 Å². The molecule has 7 aliphatic heterocycles. The van der Waals surface area contributed by atoms with Crippen LogP contribution in [0.1, 0.15) is 89.7 Å². The number of nitriles is 2. The largest absolute Gasteiger partial charge is 1.00 e. The zero-order chi connectivity index (χ0) is 82.4. The van der Waals surface area contributed by atoms with Gasteiger partial charge in [0.2, 0.25) is 14.5 Å². The van der Waals surface area contributed by atoms with Crippen LogP contribution in [0.4, 0.5) is 61.5 Å². The molecular formula is C69H52BrCl5F14KN2NaO23S. The average Bonchev–Trinajstić information content (AvgIpc) is 1.59. The van der Waals surface area contributed by atoms with Gasteiger partial charge in [-0.05, 0) is 175 Å². The van der Waals surface area contributed by atoms with E-state index < -0.39 is 86.7 Å². The molecule has 17 rings (SSSR count). The summed E-state index contributed by atoms with van der Waals surface area (Å²) in [5.41, 5.74) is 1.32. The van der Waals surface area contributed by atoms with Gasteiger partial charge in [0.15, 0.2) is 80.5 Å². The predicted molar refractivity (Wildman–Crippen MR) is 372 cm³/mol. The van der Waals surface area contributed by atoms with Crippen molar-refractivity contribution in [3.63, 3.8) is 0 Å². The first-order valence-electron chi connectivity index (χ1n) is 31.1. The minimum Gasteiger partial charge on any atom is -0.870 e. The maximum Gasteiger partial charge on any atom is 1.00 e. The van der Waals surface area contributed by atoms with E-state index in [4.69, 9.17) is 64.9 Å². The number of fused-ring (bicyclic) bond motifs is 7. The van der Waals surface area contributed by atoms with E-state index in [1.54, 1.807) is 24.3 Å². The van der Waals surface area contributed by atoms with E-state index in [-0.39, 0.29) is 204 Å². The molecule has 3 fully saturated rings. The number of carbonyl (C=O) groups is 3. The van der Waals surface area contributed by atoms with Gasteiger partial charge in [-0.1, -0.05) is 59.8 Å². The average molecular weight is 1890 g/mol. The number of aliphatic carboxylic acids is 1. The molecule has 7 heterocycles. The number of nitrogens with zero attached hydrogens (tertiary/aromatic N) is 2. The predicted octanol–water partition coefficient (Wildman–Crippen LogP) is 12.5. The molecular weight excluding hydrogens is 1840 g/mol. The first-order valence-corrected chi connectivity index (χ1v) is 36.5. The van der Waals surface area contributed by atoms with Crippen molar-refractivity contribution in [2.24, 2.45) is 0 Å². The zero-order valence-corrected chi connectivity index (χ0v) is 69.7. The van der Waals surface area contributed by atoms with Crippen molar-refractivity contribution in [1.29, 1.82) is 10.5 Å². The molecule has 117 heavy (non-hydrogen) atoms. The number of aliphatic hydroxyl groups excluding tert-OH is 1. The Balaban J connectivity index is 0.000000281. The summed E-state index contributed by atoms with van der Waals surface area (Å²) in [5.74, 6) is -1.90. The SMILES string of the molecule is C.ClCCBr.FC1(F)Oc2ccc(CCl)cc2O1.N#CC1(c2ccc3c(c2)OC(F)(F)O3)CC1.N#CCc1ccc2c(c1)OC(F)(F)O2.O=C(Cl)C1(c2ccc3c(c2)OC(F)(F)O3)CC1.O=C(O)C1(c2ccc3c(c2)OC(F)(F)O3)CC1.O=C(O)c1ccc2c(c1)OC(F)(F)O2.O=S(Cl)Cl.OCc1ccc2c(c1)OC(F)(F)O2.[K+].[Na+].[OH-].[OH-]. The Morgan fingerprint density at radius 2 is 0.701 bits per heavy atom. The number of carbonyl (C=O) groups excluding carboxylic acids is 1. The van der Waals surface area contributed by atoms with Crippen molar-refractivity contribution in [1.82, 2.24) is 0 Å². The zero-order valence-electron chi connectivity index (χ0n) is 58.3. The number of aromatic carboxylic acids is 1. The van der Waals surface area contributed by atoms with Gasteiger partial charge in [-0.15, -0.1) is 84.7 Å². The minimum atomic E-state index is -3.71. The fraction of sp³-hybridized carbons (Fsp3) is 0.319. The standard InChI is InChI=1S/C11H7ClF2O3.C11H7F2NO2.C11H8F2O4.C9H5F2NO2.C8H5ClF2O2.C8H4F2O4.C8H6F2O3.C2H4BrCl.CH4.Cl2OS.K.Na.2H2O/c12-9(15)10(3-4-10)6-1-2-7-8(5-6)17-11(13,14)16-7;12-11(13)15-8-2-1-7(5-9(8)16-11)10(6-14)3-4-10;12-11(13)16-7-2-1-6(5-8(7)17-11)10(3-4-10)9(14)15;10-9(11)13-7-2-1-6(3-4-12)5-8(7)14-9;9-4-5-1-2-6-7(3-5)13-8(10,11)12-6;9-8(10)13-5-2-1-4(7(11)12)3-6(5)14-8;9-8(10)12-6-2-1-5(4-11)3-7(6)13-8;3-1-2-4;;1-4(2)3;;;;/h1-2,5H,3-4H2;1-2,5H,3-4H2;1-2,5H,3-4H2,(H,14,15);1-2,5H,3H2;1-3H,4H2;1-3H,(H,11,12);1-3,11H,4H2;1-2H2;1H4;;;;2*1H2/q;;;;;;;;;;2*+1;;/p-2. The van der Waals surface area contributed by atoms with Crippen molar-refractivity contribution < 1.29 is 254 Å². The summed E-state index contributed by atoms with van der Waals surface area (Å²) >= 11 is 19.3. The Morgan fingerprint density at radius 3 is 0.983 bits per heavy atom. The van der Waals surface area contributed by atoms with Gasteiger partial charge in [0, 0.05) is 38.5 Å². The number of hydrogen-bond donors (Lipinski definition) is 3. The van der Waals surface area contributed by atoms with Crippen LogP contribution in [-0.4, -0.2) is 103 Å². The van der Waals surface area contributed by atoms with Crippen LogP contribution in [0, 0.1) is 22.7 Å². The molecule has 10 aliphatic rings. The van der Waals surface area contributed by atoms with Crippen molar-refractivity contribution in [2.75, 3.05) is 11.2 Å². The van der Waals surface area contributed by atoms with Crippen LogP contribution in [-0.2, 0) is 54.0 Å². The second-order valence-corrected chi connectivity index (χ2v) is 27.9. The molecule has 0 saturated heterocycles. The molecule has 0 aromatic heterocycles. The van der Waals surface area contributed by atoms with Crippen LogP contribution in [0.5, 0.6) is 80.5 Å². The van der Waals surface area contributed by atoms with Crippen LogP contribution < -0.4 is 147 Å². The van der Waals surface area contributed by atoms with Crippen molar-refractivity contribution in [3.05, 3.63) is 166 Å². The number of carboxylic acid groups (broad SMARTS) is 2. The number of hydrogen-bond acceptors (Lipinski definition) is 23. The van der Waals surface area contributed by atoms with E-state index in [9.17, 15) is 75.8 Å². The maximum atomic E-state index is 12.8. The Bertz CT molecular complexity index is 4660. The van der Waals surface area contributed by atoms with Crippen molar-refractivity contribution in [2.45, 2.75) is 125 Å². The third kappa shape index (κ3) is 27.2. The van der Waals surface area contributed by atoms with E-state index in [1.807, 2.05) is 6.07 Å². The first kappa shape index (κ1) is 102. The van der Waals surface area contributed by atoms with Crippen LogP contribution in [0.3, 0.4) is 0 Å². The van der Waals surface area contributed by atoms with Crippen molar-refractivity contribution in [3.8, 4) is 92.6 Å². The number of aliphatic hydroxyl groups is 1. The maximum absolute atomic E-state index is 12.8. The number of ether oxygens (including phenoxy) is 14. The quantitative estimate of drug-likeness (QED) is 0.0495. The summed E-state index contributed by atoms with van der Waals surface area (Å²) in [5, 5.41) is 44.2. The molecule has 0 spiro atoms. The number of rotatable bonds is 10. The summed E-state index contributed by atoms with van der Waals surface area (Å²) in [7, 11) is 7.36. The minimum absolute atomic E-state index is 0. The molecule has 48 heteroatoms. The van der Waals surface area contributed by atoms with Gasteiger partial charge in [-0.3, -0.25) is 9.59 Å². The number of benzene rings is 7. The molecule has 624 valence electrons. The second kappa shape index (κ2) is 41.0. The third-order valence-electron chi connectivity index (χ3n) is 15.8. The Morgan fingerprint density at radius 1 is 0.436 bits per heavy atom. The summed E-state index contributed by atoms with van der Waals surface area (Å²) in [6.45, 7) is -0.220. The van der Waals surface area contributed by atoms with Gasteiger partial charge in [0.05, 0.1) is 47.0 Å². The molecule has 5 N–H and O–H groups in total. The van der Waals surface area contributed by atoms with Gasteiger partial charge in [-0.2, -0.15) is 10.5 Å². The topological polar surface area (TPSA) is 366 Å². The molecule has 0 radical (unpaired) electrons. The van der Waals surface area contributed by atoms with Gasteiger partial charge < -0.3 is 92.6 Å². The third-order valence-corrected chi connectivity index (χ3v) is 17.6. The second-order valence-electron chi connectivity index (χ2n) is 23.6. The Hall–Kier alpha value is -7.05. The monoisotopic (exact) mass is 1890 g/mol. The first-order chi connectivity index (χ1) is 52.3. The van der Waals surface area contributed by atoms with Gasteiger partial charge >= 0.3 is 137 Å². The van der Waals surface area contributed by atoms with Crippen molar-refractivity contribution >= 4 is 98.5 Å². The summed E-state index contributed by atoms with van der Waals surface area (Å²) < 4.78 is 245. The fourth-order valence-corrected chi connectivity index (χ4v) is 10.7. The van der Waals surface area contributed by atoms with E-state index in [0.717, 1.165) is 41.9 Å². The van der Waals surface area contributed by atoms with Crippen LogP contribution in [0.25, 0.3) is 0 Å². The van der Waals surface area contributed by atoms with Gasteiger partial charge in [0.25, 0.3) is 0 Å². The number of alkyl halides is 17. The van der Waals surface area contributed by atoms with Crippen LogP contribution >= 0.6 is 72.1 Å². The molecule has 0 bridgehead atoms. The Labute approximate surface area is 750 Å². The normalized spacial score (nSPS) is 17.9. The van der Waals surface area contributed by atoms with E-state index >= 15 is 0 Å². The molecule has 25 nitrogen and oxygen atoms in total. The van der Waals surface area contributed by atoms with Crippen LogP contribution in [0.15, 0.2) is 127 Å². The summed E-state index contributed by atoms with van der Waals surface area (Å²) in [4.78, 5) is 32.9. The Kier molecular flexibility index (Phi) is 35.9. The summed E-state index contributed by atoms with van der Waals surface area (Å²) in [6.07, 6.45) is -21.4. The molecule has 0 amide bonds. The molecule has 0 unspecified atom stereocenters. The van der Waals surface area contributed by atoms with E-state index in [1.165, 1.54) is 84.9 Å². The smallest absolute Gasteiger partial charge is 0.870 e. The molecule has 0 atom stereocenters.